The third kappa shape index (κ3) is 2.67. The second kappa shape index (κ2) is 5.62. The average Bonchev–Trinajstić information content (AvgIpc) is 3.31. The number of hydrogen-bond donors (Lipinski definition) is 0. The summed E-state index contributed by atoms with van der Waals surface area (Å²) in [6.07, 6.45) is 4.71. The van der Waals surface area contributed by atoms with Crippen LogP contribution in [-0.2, 0) is 16.6 Å². The van der Waals surface area contributed by atoms with Gasteiger partial charge in [0.1, 0.15) is 5.78 Å². The van der Waals surface area contributed by atoms with Crippen LogP contribution < -0.4 is 0 Å². The molecule has 1 nitrogen and oxygen atoms in total. The minimum Gasteiger partial charge on any atom is -0.299 e. The van der Waals surface area contributed by atoms with E-state index in [1.54, 1.807) is 0 Å². The van der Waals surface area contributed by atoms with Crippen LogP contribution in [0.3, 0.4) is 0 Å². The number of ketones is 1. The van der Waals surface area contributed by atoms with E-state index in [1.165, 1.54) is 11.1 Å². The Balaban J connectivity index is 1.58. The number of carbonyl (C=O) groups excluding carboxylic acids is 1. The standard InChI is InChI=1S/C19H20O/c20-18(13-7-10-16-8-3-1-4-9-16)19(14-15-19)17-11-5-2-6-12-17/h1-6,8-9,11-12H,7,10,13-15H2. The van der Waals surface area contributed by atoms with Crippen LogP contribution in [-0.4, -0.2) is 5.78 Å². The average molecular weight is 264 g/mol. The van der Waals surface area contributed by atoms with Gasteiger partial charge in [-0.15, -0.1) is 0 Å². The number of rotatable bonds is 6. The van der Waals surface area contributed by atoms with Crippen LogP contribution in [0, 0.1) is 0 Å². The summed E-state index contributed by atoms with van der Waals surface area (Å²) in [6.45, 7) is 0. The number of benzene rings is 2. The van der Waals surface area contributed by atoms with Crippen molar-refractivity contribution in [1.82, 2.24) is 0 Å². The molecule has 1 aliphatic rings. The van der Waals surface area contributed by atoms with Gasteiger partial charge >= 0.3 is 0 Å². The maximum absolute atomic E-state index is 12.5. The molecule has 0 atom stereocenters. The first kappa shape index (κ1) is 13.1. The summed E-state index contributed by atoms with van der Waals surface area (Å²) in [7, 11) is 0. The summed E-state index contributed by atoms with van der Waals surface area (Å²) >= 11 is 0. The van der Waals surface area contributed by atoms with Gasteiger partial charge < -0.3 is 0 Å². The fourth-order valence-electron chi connectivity index (χ4n) is 2.95. The van der Waals surface area contributed by atoms with Gasteiger partial charge in [-0.1, -0.05) is 60.7 Å². The molecule has 0 spiro atoms. The van der Waals surface area contributed by atoms with Crippen molar-refractivity contribution < 1.29 is 4.79 Å². The molecule has 0 aromatic heterocycles. The Morgan fingerprint density at radius 2 is 1.50 bits per heavy atom. The van der Waals surface area contributed by atoms with Crippen molar-refractivity contribution in [3.05, 3.63) is 71.8 Å². The molecule has 1 saturated carbocycles. The van der Waals surface area contributed by atoms with Crippen LogP contribution in [0.15, 0.2) is 60.7 Å². The van der Waals surface area contributed by atoms with Crippen molar-refractivity contribution in [1.29, 1.82) is 0 Å². The van der Waals surface area contributed by atoms with E-state index in [2.05, 4.69) is 36.4 Å². The molecule has 20 heavy (non-hydrogen) atoms. The first-order valence-corrected chi connectivity index (χ1v) is 7.44. The van der Waals surface area contributed by atoms with Gasteiger partial charge in [0, 0.05) is 6.42 Å². The Hall–Kier alpha value is -1.89. The molecule has 0 aliphatic heterocycles. The Labute approximate surface area is 120 Å². The molecule has 102 valence electrons. The van der Waals surface area contributed by atoms with E-state index >= 15 is 0 Å². The number of carbonyl (C=O) groups is 1. The van der Waals surface area contributed by atoms with Crippen LogP contribution in [0.2, 0.25) is 0 Å². The minimum absolute atomic E-state index is 0.141. The predicted octanol–water partition coefficient (Wildman–Crippen LogP) is 4.31. The zero-order valence-corrected chi connectivity index (χ0v) is 11.7. The summed E-state index contributed by atoms with van der Waals surface area (Å²) in [5, 5.41) is 0. The van der Waals surface area contributed by atoms with Gasteiger partial charge in [0.25, 0.3) is 0 Å². The van der Waals surface area contributed by atoms with Gasteiger partial charge in [-0.05, 0) is 36.8 Å². The zero-order valence-electron chi connectivity index (χ0n) is 11.7. The monoisotopic (exact) mass is 264 g/mol. The van der Waals surface area contributed by atoms with Gasteiger partial charge in [-0.25, -0.2) is 0 Å². The second-order valence-electron chi connectivity index (χ2n) is 5.71. The maximum atomic E-state index is 12.5. The van der Waals surface area contributed by atoms with Gasteiger partial charge in [-0.2, -0.15) is 0 Å². The molecule has 0 saturated heterocycles. The second-order valence-corrected chi connectivity index (χ2v) is 5.71. The van der Waals surface area contributed by atoms with E-state index in [-0.39, 0.29) is 5.41 Å². The van der Waals surface area contributed by atoms with E-state index in [1.807, 2.05) is 24.3 Å². The van der Waals surface area contributed by atoms with Crippen molar-refractivity contribution in [3.8, 4) is 0 Å². The topological polar surface area (TPSA) is 17.1 Å². The molecule has 1 fully saturated rings. The lowest BCUT2D eigenvalue weighted by atomic mass is 9.88. The molecular weight excluding hydrogens is 244 g/mol. The Morgan fingerprint density at radius 1 is 0.900 bits per heavy atom. The van der Waals surface area contributed by atoms with Crippen molar-refractivity contribution in [2.45, 2.75) is 37.5 Å². The SMILES string of the molecule is O=C(CCCc1ccccc1)C1(c2ccccc2)CC1. The Kier molecular flexibility index (Phi) is 3.68. The largest absolute Gasteiger partial charge is 0.299 e. The first-order chi connectivity index (χ1) is 9.81. The fraction of sp³-hybridized carbons (Fsp3) is 0.316. The van der Waals surface area contributed by atoms with E-state index in [0.717, 1.165) is 25.7 Å². The Morgan fingerprint density at radius 3 is 2.10 bits per heavy atom. The van der Waals surface area contributed by atoms with Gasteiger partial charge in [0.15, 0.2) is 0 Å². The fourth-order valence-corrected chi connectivity index (χ4v) is 2.95. The quantitative estimate of drug-likeness (QED) is 0.759. The van der Waals surface area contributed by atoms with Gasteiger partial charge in [-0.3, -0.25) is 4.79 Å². The first-order valence-electron chi connectivity index (χ1n) is 7.44. The van der Waals surface area contributed by atoms with Crippen LogP contribution in [0.4, 0.5) is 0 Å². The summed E-state index contributed by atoms with van der Waals surface area (Å²) in [4.78, 5) is 12.5. The van der Waals surface area contributed by atoms with E-state index < -0.39 is 0 Å². The van der Waals surface area contributed by atoms with Crippen molar-refractivity contribution in [2.75, 3.05) is 0 Å². The van der Waals surface area contributed by atoms with Crippen LogP contribution in [0.1, 0.15) is 36.8 Å². The third-order valence-electron chi connectivity index (χ3n) is 4.32. The highest BCUT2D eigenvalue weighted by Gasteiger charge is 2.49. The smallest absolute Gasteiger partial charge is 0.143 e. The number of hydrogen-bond acceptors (Lipinski definition) is 1. The van der Waals surface area contributed by atoms with Gasteiger partial charge in [0.2, 0.25) is 0 Å². The minimum atomic E-state index is -0.141. The Bertz CT molecular complexity index is 567. The van der Waals surface area contributed by atoms with Crippen molar-refractivity contribution in [2.24, 2.45) is 0 Å². The zero-order chi connectivity index (χ0) is 13.8. The molecule has 0 unspecified atom stereocenters. The maximum Gasteiger partial charge on any atom is 0.143 e. The normalized spacial score (nSPS) is 15.8. The van der Waals surface area contributed by atoms with E-state index in [4.69, 9.17) is 0 Å². The van der Waals surface area contributed by atoms with Crippen LogP contribution >= 0.6 is 0 Å². The highest BCUT2D eigenvalue weighted by atomic mass is 16.1. The number of Topliss-reactive ketones (excluding diaryl/α,β-unsaturated/α-hetero) is 1. The molecule has 0 amide bonds. The van der Waals surface area contributed by atoms with Crippen molar-refractivity contribution >= 4 is 5.78 Å². The summed E-state index contributed by atoms with van der Waals surface area (Å²) in [5.41, 5.74) is 2.40. The highest BCUT2D eigenvalue weighted by Crippen LogP contribution is 2.49. The molecular formula is C19H20O. The lowest BCUT2D eigenvalue weighted by Crippen LogP contribution is -2.20. The summed E-state index contributed by atoms with van der Waals surface area (Å²) < 4.78 is 0. The van der Waals surface area contributed by atoms with Gasteiger partial charge in [0.05, 0.1) is 5.41 Å². The lowest BCUT2D eigenvalue weighted by molar-refractivity contribution is -0.121. The summed E-state index contributed by atoms with van der Waals surface area (Å²) in [6, 6.07) is 20.7. The molecule has 2 aromatic rings. The highest BCUT2D eigenvalue weighted by molar-refractivity contribution is 5.93. The molecule has 2 aromatic carbocycles. The molecule has 0 bridgehead atoms. The van der Waals surface area contributed by atoms with E-state index in [9.17, 15) is 4.79 Å². The molecule has 1 heteroatoms. The molecule has 1 aliphatic carbocycles. The third-order valence-corrected chi connectivity index (χ3v) is 4.32. The number of aryl methyl sites for hydroxylation is 1. The molecule has 0 N–H and O–H groups in total. The predicted molar refractivity (Wildman–Crippen MR) is 81.7 cm³/mol. The molecule has 0 radical (unpaired) electrons. The van der Waals surface area contributed by atoms with Crippen LogP contribution in [0.25, 0.3) is 0 Å². The van der Waals surface area contributed by atoms with E-state index in [0.29, 0.717) is 12.2 Å². The lowest BCUT2D eigenvalue weighted by Gasteiger charge is -2.14. The van der Waals surface area contributed by atoms with Crippen molar-refractivity contribution in [3.63, 3.8) is 0 Å². The molecule has 0 heterocycles. The molecule has 3 rings (SSSR count). The summed E-state index contributed by atoms with van der Waals surface area (Å²) in [5.74, 6) is 0.430. The van der Waals surface area contributed by atoms with Crippen LogP contribution in [0.5, 0.6) is 0 Å².